The van der Waals surface area contributed by atoms with Gasteiger partial charge in [0.2, 0.25) is 0 Å². The molecule has 0 aromatic heterocycles. The van der Waals surface area contributed by atoms with E-state index in [0.29, 0.717) is 48.7 Å². The molecule has 0 radical (unpaired) electrons. The Hall–Kier alpha value is -3.28. The van der Waals surface area contributed by atoms with Crippen LogP contribution in [0.25, 0.3) is 6.08 Å². The second-order valence-corrected chi connectivity index (χ2v) is 10.7. The van der Waals surface area contributed by atoms with Crippen LogP contribution in [-0.2, 0) is 16.2 Å². The number of imide groups is 2. The van der Waals surface area contributed by atoms with Crippen molar-refractivity contribution in [3.63, 3.8) is 0 Å². The fourth-order valence-electron chi connectivity index (χ4n) is 3.84. The Morgan fingerprint density at radius 1 is 1.00 bits per heavy atom. The lowest BCUT2D eigenvalue weighted by atomic mass is 10.1. The highest BCUT2D eigenvalue weighted by molar-refractivity contribution is 14.1. The number of carbonyl (C=O) groups excluding carboxylic acids is 3. The van der Waals surface area contributed by atoms with Crippen molar-refractivity contribution in [1.82, 2.24) is 5.32 Å². The highest BCUT2D eigenvalue weighted by Crippen LogP contribution is 2.36. The molecule has 4 rings (SSSR count). The third kappa shape index (κ3) is 6.89. The minimum atomic E-state index is -0.830. The number of unbranched alkanes of at least 4 members (excludes halogenated alkanes) is 1. The molecule has 0 saturated carbocycles. The average molecular weight is 695 g/mol. The highest BCUT2D eigenvalue weighted by atomic mass is 127. The molecule has 0 aliphatic carbocycles. The number of barbiturate groups is 1. The number of nitrogens with one attached hydrogen (secondary N) is 1. The van der Waals surface area contributed by atoms with Gasteiger partial charge in [-0.3, -0.25) is 14.9 Å². The summed E-state index contributed by atoms with van der Waals surface area (Å²) >= 11 is 14.3. The van der Waals surface area contributed by atoms with Crippen molar-refractivity contribution < 1.29 is 28.6 Å². The largest absolute Gasteiger partial charge is 0.494 e. The van der Waals surface area contributed by atoms with Gasteiger partial charge < -0.3 is 14.2 Å². The van der Waals surface area contributed by atoms with Crippen molar-refractivity contribution >= 4 is 75.4 Å². The molecule has 208 valence electrons. The van der Waals surface area contributed by atoms with E-state index in [1.165, 1.54) is 13.2 Å². The first-order valence-electron chi connectivity index (χ1n) is 12.3. The van der Waals surface area contributed by atoms with E-state index >= 15 is 0 Å². The van der Waals surface area contributed by atoms with E-state index < -0.39 is 17.8 Å². The number of hydrogen-bond acceptors (Lipinski definition) is 6. The molecule has 8 nitrogen and oxygen atoms in total. The summed E-state index contributed by atoms with van der Waals surface area (Å²) in [4.78, 5) is 39.5. The zero-order valence-electron chi connectivity index (χ0n) is 21.6. The maximum absolute atomic E-state index is 13.3. The number of methoxy groups -OCH3 is 1. The fraction of sp³-hybridized carbons (Fsp3) is 0.207. The molecule has 1 aliphatic heterocycles. The zero-order chi connectivity index (χ0) is 28.8. The molecule has 0 unspecified atom stereocenters. The maximum atomic E-state index is 13.3. The predicted molar refractivity (Wildman–Crippen MR) is 162 cm³/mol. The highest BCUT2D eigenvalue weighted by Gasteiger charge is 2.37. The summed E-state index contributed by atoms with van der Waals surface area (Å²) in [7, 11) is 1.49. The van der Waals surface area contributed by atoms with Crippen LogP contribution in [0.5, 0.6) is 17.2 Å². The molecule has 3 aromatic rings. The molecule has 4 amide bonds. The van der Waals surface area contributed by atoms with Crippen LogP contribution in [0.4, 0.5) is 10.5 Å². The lowest BCUT2D eigenvalue weighted by Gasteiger charge is -2.26. The van der Waals surface area contributed by atoms with Gasteiger partial charge in [0.25, 0.3) is 11.8 Å². The van der Waals surface area contributed by atoms with Crippen LogP contribution in [0.3, 0.4) is 0 Å². The Morgan fingerprint density at radius 3 is 2.42 bits per heavy atom. The van der Waals surface area contributed by atoms with E-state index in [9.17, 15) is 14.4 Å². The van der Waals surface area contributed by atoms with Crippen LogP contribution in [0.15, 0.2) is 60.2 Å². The van der Waals surface area contributed by atoms with Gasteiger partial charge in [0, 0.05) is 15.6 Å². The van der Waals surface area contributed by atoms with Gasteiger partial charge in [0.05, 0.1) is 23.0 Å². The first kappa shape index (κ1) is 29.7. The molecule has 1 aliphatic rings. The van der Waals surface area contributed by atoms with E-state index in [1.807, 2.05) is 0 Å². The first-order chi connectivity index (χ1) is 19.2. The summed E-state index contributed by atoms with van der Waals surface area (Å²) in [5, 5.41) is 3.23. The number of hydrogen-bond donors (Lipinski definition) is 1. The van der Waals surface area contributed by atoms with Crippen LogP contribution in [0.1, 0.15) is 30.9 Å². The van der Waals surface area contributed by atoms with E-state index in [1.54, 1.807) is 54.6 Å². The number of urea groups is 1. The number of benzene rings is 3. The number of anilines is 1. The van der Waals surface area contributed by atoms with Crippen LogP contribution >= 0.6 is 45.8 Å². The lowest BCUT2D eigenvalue weighted by molar-refractivity contribution is -0.122. The van der Waals surface area contributed by atoms with Crippen molar-refractivity contribution in [1.29, 1.82) is 0 Å². The van der Waals surface area contributed by atoms with Gasteiger partial charge in [0.1, 0.15) is 17.9 Å². The summed E-state index contributed by atoms with van der Waals surface area (Å²) in [6.07, 6.45) is 3.32. The summed E-state index contributed by atoms with van der Waals surface area (Å²) in [5.74, 6) is -0.0680. The molecule has 0 bridgehead atoms. The quantitative estimate of drug-likeness (QED) is 0.106. The van der Waals surface area contributed by atoms with Gasteiger partial charge in [-0.05, 0) is 89.2 Å². The van der Waals surface area contributed by atoms with Gasteiger partial charge >= 0.3 is 6.03 Å². The average Bonchev–Trinajstić information content (AvgIpc) is 2.92. The number of rotatable bonds is 10. The third-order valence-electron chi connectivity index (χ3n) is 5.91. The van der Waals surface area contributed by atoms with Crippen LogP contribution in [0.2, 0.25) is 10.0 Å². The second kappa shape index (κ2) is 13.4. The fourth-order valence-corrected chi connectivity index (χ4v) is 5.08. The Balaban J connectivity index is 1.57. The Kier molecular flexibility index (Phi) is 9.94. The number of halogens is 3. The molecule has 3 aromatic carbocycles. The van der Waals surface area contributed by atoms with E-state index in [2.05, 4.69) is 34.8 Å². The smallest absolute Gasteiger partial charge is 0.335 e. The van der Waals surface area contributed by atoms with Gasteiger partial charge in [-0.25, -0.2) is 9.69 Å². The van der Waals surface area contributed by atoms with Crippen LogP contribution in [-0.4, -0.2) is 31.6 Å². The summed E-state index contributed by atoms with van der Waals surface area (Å²) in [6.45, 7) is 2.81. The van der Waals surface area contributed by atoms with Gasteiger partial charge in [-0.1, -0.05) is 42.6 Å². The number of nitrogens with zero attached hydrogens (tertiary/aromatic N) is 1. The first-order valence-corrected chi connectivity index (χ1v) is 14.1. The number of ether oxygens (including phenoxy) is 3. The van der Waals surface area contributed by atoms with E-state index in [0.717, 1.165) is 23.3 Å². The topological polar surface area (TPSA) is 94.2 Å². The van der Waals surface area contributed by atoms with Gasteiger partial charge in [-0.15, -0.1) is 0 Å². The number of amides is 4. The lowest BCUT2D eigenvalue weighted by Crippen LogP contribution is -2.54. The normalized spacial score (nSPS) is 14.4. The SMILES string of the molecule is CCCCOc1ccc(N2C(=O)NC(=O)/C(=C/c3cc(I)c(OCc4ccc(Cl)cc4Cl)c(OC)c3)C2=O)cc1. The minimum Gasteiger partial charge on any atom is -0.494 e. The van der Waals surface area contributed by atoms with E-state index in [4.69, 9.17) is 37.4 Å². The molecular formula is C29H25Cl2IN2O6. The third-order valence-corrected chi connectivity index (χ3v) is 7.30. The Labute approximate surface area is 255 Å². The van der Waals surface area contributed by atoms with Crippen molar-refractivity contribution in [2.75, 3.05) is 18.6 Å². The molecule has 1 N–H and O–H groups in total. The molecule has 1 saturated heterocycles. The molecule has 11 heteroatoms. The molecule has 1 heterocycles. The maximum Gasteiger partial charge on any atom is 0.335 e. The van der Waals surface area contributed by atoms with Crippen molar-refractivity contribution in [2.45, 2.75) is 26.4 Å². The summed E-state index contributed by atoms with van der Waals surface area (Å²) in [5.41, 5.74) is 1.35. The van der Waals surface area contributed by atoms with Crippen molar-refractivity contribution in [3.8, 4) is 17.2 Å². The molecule has 40 heavy (non-hydrogen) atoms. The van der Waals surface area contributed by atoms with Gasteiger partial charge in [-0.2, -0.15) is 0 Å². The van der Waals surface area contributed by atoms with Crippen molar-refractivity contribution in [3.05, 3.63) is 84.9 Å². The second-order valence-electron chi connectivity index (χ2n) is 8.71. The monoisotopic (exact) mass is 694 g/mol. The molecular weight excluding hydrogens is 670 g/mol. The Morgan fingerprint density at radius 2 is 1.75 bits per heavy atom. The summed E-state index contributed by atoms with van der Waals surface area (Å²) in [6, 6.07) is 14.2. The predicted octanol–water partition coefficient (Wildman–Crippen LogP) is 7.03. The van der Waals surface area contributed by atoms with E-state index in [-0.39, 0.29) is 12.2 Å². The number of carbonyl (C=O) groups is 3. The molecule has 1 fully saturated rings. The minimum absolute atomic E-state index is 0.170. The van der Waals surface area contributed by atoms with Gasteiger partial charge in [0.15, 0.2) is 11.5 Å². The zero-order valence-corrected chi connectivity index (χ0v) is 25.3. The van der Waals surface area contributed by atoms with Crippen LogP contribution < -0.4 is 24.4 Å². The molecule has 0 spiro atoms. The molecule has 0 atom stereocenters. The Bertz CT molecular complexity index is 1480. The van der Waals surface area contributed by atoms with Crippen molar-refractivity contribution in [2.24, 2.45) is 0 Å². The van der Waals surface area contributed by atoms with Crippen LogP contribution in [0, 0.1) is 3.57 Å². The standard InChI is InChI=1S/C29H25Cl2IN2O6/c1-3-4-11-39-21-9-7-20(8-10-21)34-28(36)22(27(35)33-29(34)37)12-17-13-24(32)26(25(14-17)38-2)40-16-18-5-6-19(30)15-23(18)31/h5-10,12-15H,3-4,11,16H2,1-2H3,(H,33,35,37)/b22-12-. The summed E-state index contributed by atoms with van der Waals surface area (Å²) < 4.78 is 17.8.